The van der Waals surface area contributed by atoms with Crippen LogP contribution in [0.2, 0.25) is 0 Å². The molecule has 0 bridgehead atoms. The summed E-state index contributed by atoms with van der Waals surface area (Å²) in [5, 5.41) is 21.6. The van der Waals surface area contributed by atoms with E-state index in [2.05, 4.69) is 80.6 Å². The van der Waals surface area contributed by atoms with Crippen molar-refractivity contribution in [2.24, 2.45) is 13.0 Å². The Bertz CT molecular complexity index is 1870. The van der Waals surface area contributed by atoms with E-state index in [1.807, 2.05) is 19.3 Å². The highest BCUT2D eigenvalue weighted by molar-refractivity contribution is 5.90. The van der Waals surface area contributed by atoms with Crippen LogP contribution in [0.3, 0.4) is 0 Å². The minimum Gasteiger partial charge on any atom is -0.477 e. The van der Waals surface area contributed by atoms with Gasteiger partial charge in [0, 0.05) is 57.3 Å². The van der Waals surface area contributed by atoms with E-state index in [9.17, 15) is 4.79 Å². The molecule has 11 nitrogen and oxygen atoms in total. The molecule has 0 amide bonds. The predicted octanol–water partition coefficient (Wildman–Crippen LogP) is 5.84. The SMILES string of the molecule is Cc1cccc(C)c1Nc1nn(C)c2nc(Nc3ccc4c(c3)CN(CC3CCN(c5ccc(C(=O)O)nc5)CC3)CC4)ncc12. The summed E-state index contributed by atoms with van der Waals surface area (Å²) < 4.78 is 1.79. The number of nitrogens with one attached hydrogen (secondary N) is 2. The molecule has 5 aromatic rings. The fourth-order valence-corrected chi connectivity index (χ4v) is 6.74. The third kappa shape index (κ3) is 6.10. The molecule has 0 radical (unpaired) electrons. The standard InChI is InChI=1S/C35H39N9O2/c1-22-5-4-6-23(2)31(22)39-32-29-19-37-35(40-33(29)42(3)41-32)38-27-8-7-25-13-14-43(21-26(25)17-27)20-24-11-15-44(16-12-24)28-9-10-30(34(45)46)36-18-28/h4-10,17-19,24H,11-16,20-21H2,1-3H3,(H,39,41)(H,45,46)(H,37,38,40). The number of aromatic carboxylic acids is 1. The summed E-state index contributed by atoms with van der Waals surface area (Å²) in [7, 11) is 1.90. The number of fused-ring (bicyclic) bond motifs is 2. The Balaban J connectivity index is 0.980. The van der Waals surface area contributed by atoms with Gasteiger partial charge < -0.3 is 20.6 Å². The van der Waals surface area contributed by atoms with Gasteiger partial charge in [0.05, 0.1) is 17.3 Å². The molecule has 0 atom stereocenters. The Labute approximate surface area is 268 Å². The highest BCUT2D eigenvalue weighted by atomic mass is 16.4. The predicted molar refractivity (Wildman–Crippen MR) is 180 cm³/mol. The van der Waals surface area contributed by atoms with Crippen molar-refractivity contribution < 1.29 is 9.90 Å². The molecular formula is C35H39N9O2. The summed E-state index contributed by atoms with van der Waals surface area (Å²) in [6.45, 7) is 9.18. The first-order valence-electron chi connectivity index (χ1n) is 15.9. The maximum absolute atomic E-state index is 11.1. The van der Waals surface area contributed by atoms with Gasteiger partial charge in [-0.05, 0) is 85.5 Å². The van der Waals surface area contributed by atoms with Crippen LogP contribution in [-0.2, 0) is 20.0 Å². The van der Waals surface area contributed by atoms with Gasteiger partial charge in [-0.2, -0.15) is 10.1 Å². The van der Waals surface area contributed by atoms with Gasteiger partial charge in [0.25, 0.3) is 0 Å². The summed E-state index contributed by atoms with van der Waals surface area (Å²) >= 11 is 0. The molecule has 11 heteroatoms. The molecule has 2 aliphatic heterocycles. The van der Waals surface area contributed by atoms with Crippen LogP contribution in [0.15, 0.2) is 60.9 Å². The average molecular weight is 618 g/mol. The molecule has 7 rings (SSSR count). The van der Waals surface area contributed by atoms with Gasteiger partial charge in [-0.25, -0.2) is 19.4 Å². The lowest BCUT2D eigenvalue weighted by Crippen LogP contribution is -2.40. The van der Waals surface area contributed by atoms with Crippen molar-refractivity contribution in [2.75, 3.05) is 41.7 Å². The molecule has 5 heterocycles. The van der Waals surface area contributed by atoms with E-state index in [0.29, 0.717) is 11.9 Å². The van der Waals surface area contributed by atoms with Crippen LogP contribution in [0.4, 0.5) is 28.8 Å². The van der Waals surface area contributed by atoms with Crippen molar-refractivity contribution >= 4 is 45.8 Å². The monoisotopic (exact) mass is 617 g/mol. The van der Waals surface area contributed by atoms with Gasteiger partial charge >= 0.3 is 5.97 Å². The van der Waals surface area contributed by atoms with Crippen LogP contribution in [0, 0.1) is 19.8 Å². The van der Waals surface area contributed by atoms with Crippen LogP contribution in [0.5, 0.6) is 0 Å². The summed E-state index contributed by atoms with van der Waals surface area (Å²) in [5.41, 5.74) is 8.95. The maximum atomic E-state index is 11.1. The zero-order chi connectivity index (χ0) is 31.8. The van der Waals surface area contributed by atoms with Crippen LogP contribution in [-0.4, -0.2) is 66.9 Å². The van der Waals surface area contributed by atoms with Gasteiger partial charge in [0.15, 0.2) is 11.5 Å². The lowest BCUT2D eigenvalue weighted by atomic mass is 9.93. The van der Waals surface area contributed by atoms with Gasteiger partial charge in [-0.15, -0.1) is 0 Å². The van der Waals surface area contributed by atoms with Crippen molar-refractivity contribution in [3.8, 4) is 0 Å². The summed E-state index contributed by atoms with van der Waals surface area (Å²) in [5.74, 6) is 0.930. The number of anilines is 5. The minimum absolute atomic E-state index is 0.0835. The first kappa shape index (κ1) is 29.7. The van der Waals surface area contributed by atoms with E-state index in [1.165, 1.54) is 11.1 Å². The van der Waals surface area contributed by atoms with Crippen molar-refractivity contribution in [1.82, 2.24) is 29.6 Å². The molecule has 3 N–H and O–H groups in total. The van der Waals surface area contributed by atoms with Gasteiger partial charge in [0.2, 0.25) is 5.95 Å². The maximum Gasteiger partial charge on any atom is 0.354 e. The number of carbonyl (C=O) groups is 1. The van der Waals surface area contributed by atoms with Crippen molar-refractivity contribution in [3.63, 3.8) is 0 Å². The van der Waals surface area contributed by atoms with Crippen molar-refractivity contribution in [3.05, 3.63) is 88.9 Å². The number of carboxylic acids is 1. The van der Waals surface area contributed by atoms with Crippen LogP contribution < -0.4 is 15.5 Å². The van der Waals surface area contributed by atoms with E-state index >= 15 is 0 Å². The lowest BCUT2D eigenvalue weighted by molar-refractivity contribution is 0.0690. The highest BCUT2D eigenvalue weighted by Gasteiger charge is 2.25. The van der Waals surface area contributed by atoms with Crippen LogP contribution >= 0.6 is 0 Å². The third-order valence-corrected chi connectivity index (χ3v) is 9.32. The number of benzene rings is 2. The zero-order valence-corrected chi connectivity index (χ0v) is 26.5. The number of aromatic nitrogens is 5. The second-order valence-electron chi connectivity index (χ2n) is 12.5. The fraction of sp³-hybridized carbons (Fsp3) is 0.343. The highest BCUT2D eigenvalue weighted by Crippen LogP contribution is 2.30. The topological polar surface area (TPSA) is 124 Å². The third-order valence-electron chi connectivity index (χ3n) is 9.32. The Hall–Kier alpha value is -5.03. The van der Waals surface area contributed by atoms with E-state index in [1.54, 1.807) is 16.9 Å². The molecule has 0 aliphatic carbocycles. The molecule has 1 saturated heterocycles. The molecule has 2 aromatic carbocycles. The largest absolute Gasteiger partial charge is 0.477 e. The minimum atomic E-state index is -0.994. The Morgan fingerprint density at radius 1 is 0.957 bits per heavy atom. The molecule has 0 saturated carbocycles. The molecule has 2 aliphatic rings. The molecular weight excluding hydrogens is 578 g/mol. The van der Waals surface area contributed by atoms with E-state index in [-0.39, 0.29) is 5.69 Å². The molecule has 1 fully saturated rings. The zero-order valence-electron chi connectivity index (χ0n) is 26.5. The average Bonchev–Trinajstić information content (AvgIpc) is 3.37. The molecule has 0 spiro atoms. The molecule has 46 heavy (non-hydrogen) atoms. The number of piperidine rings is 1. The van der Waals surface area contributed by atoms with Gasteiger partial charge in [-0.1, -0.05) is 24.3 Å². The lowest BCUT2D eigenvalue weighted by Gasteiger charge is -2.37. The second-order valence-corrected chi connectivity index (χ2v) is 12.5. The van der Waals surface area contributed by atoms with Crippen molar-refractivity contribution in [1.29, 1.82) is 0 Å². The quantitative estimate of drug-likeness (QED) is 0.196. The summed E-state index contributed by atoms with van der Waals surface area (Å²) in [4.78, 5) is 29.6. The molecule has 236 valence electrons. The number of aryl methyl sites for hydroxylation is 3. The van der Waals surface area contributed by atoms with Crippen LogP contribution in [0.1, 0.15) is 45.6 Å². The van der Waals surface area contributed by atoms with E-state index in [4.69, 9.17) is 15.2 Å². The number of rotatable bonds is 8. The molecule has 3 aromatic heterocycles. The van der Waals surface area contributed by atoms with Gasteiger partial charge in [0.1, 0.15) is 5.69 Å². The number of hydrogen-bond donors (Lipinski definition) is 3. The Morgan fingerprint density at radius 3 is 2.50 bits per heavy atom. The first-order chi connectivity index (χ1) is 22.3. The normalized spacial score (nSPS) is 15.6. The van der Waals surface area contributed by atoms with E-state index in [0.717, 1.165) is 97.0 Å². The summed E-state index contributed by atoms with van der Waals surface area (Å²) in [6.07, 6.45) is 6.78. The Morgan fingerprint density at radius 2 is 1.76 bits per heavy atom. The second kappa shape index (κ2) is 12.4. The first-order valence-corrected chi connectivity index (χ1v) is 15.9. The van der Waals surface area contributed by atoms with E-state index < -0.39 is 5.97 Å². The van der Waals surface area contributed by atoms with Crippen molar-refractivity contribution in [2.45, 2.75) is 39.7 Å². The van der Waals surface area contributed by atoms with Crippen LogP contribution in [0.25, 0.3) is 11.0 Å². The number of hydrogen-bond acceptors (Lipinski definition) is 9. The fourth-order valence-electron chi connectivity index (χ4n) is 6.74. The number of nitrogens with zero attached hydrogens (tertiary/aromatic N) is 7. The molecule has 0 unspecified atom stereocenters. The number of pyridine rings is 1. The number of para-hydroxylation sites is 1. The Kier molecular flexibility index (Phi) is 8.00. The smallest absolute Gasteiger partial charge is 0.354 e. The number of carboxylic acid groups (broad SMARTS) is 1. The summed E-state index contributed by atoms with van der Waals surface area (Å²) in [6, 6.07) is 16.3. The van der Waals surface area contributed by atoms with Gasteiger partial charge in [-0.3, -0.25) is 4.90 Å².